The van der Waals surface area contributed by atoms with Crippen molar-refractivity contribution in [3.8, 4) is 11.5 Å². The highest BCUT2D eigenvalue weighted by molar-refractivity contribution is 7.99. The first-order valence-corrected chi connectivity index (χ1v) is 8.94. The molecule has 0 atom stereocenters. The van der Waals surface area contributed by atoms with Gasteiger partial charge in [0, 0.05) is 11.6 Å². The van der Waals surface area contributed by atoms with Gasteiger partial charge in [-0.1, -0.05) is 13.8 Å². The van der Waals surface area contributed by atoms with Gasteiger partial charge in [0.1, 0.15) is 17.0 Å². The fraction of sp³-hybridized carbons (Fsp3) is 0.562. The van der Waals surface area contributed by atoms with Crippen LogP contribution in [0.2, 0.25) is 0 Å². The van der Waals surface area contributed by atoms with Gasteiger partial charge in [-0.3, -0.25) is 4.72 Å². The van der Waals surface area contributed by atoms with Gasteiger partial charge in [-0.05, 0) is 44.2 Å². The highest BCUT2D eigenvalue weighted by Gasteiger charge is 2.20. The molecule has 1 heterocycles. The summed E-state index contributed by atoms with van der Waals surface area (Å²) in [7, 11) is 3.32. The molecule has 0 bridgehead atoms. The summed E-state index contributed by atoms with van der Waals surface area (Å²) >= 11 is 3.23. The molecule has 1 aromatic heterocycles. The number of fused-ring (bicyclic) bond motifs is 1. The zero-order valence-electron chi connectivity index (χ0n) is 14.0. The van der Waals surface area contributed by atoms with Crippen LogP contribution in [0.3, 0.4) is 0 Å². The lowest BCUT2D eigenvalue weighted by Gasteiger charge is -2.26. The van der Waals surface area contributed by atoms with Gasteiger partial charge in [0.25, 0.3) is 0 Å². The predicted octanol–water partition coefficient (Wildman–Crippen LogP) is 4.73. The van der Waals surface area contributed by atoms with Gasteiger partial charge in [0.15, 0.2) is 4.34 Å². The van der Waals surface area contributed by atoms with Crippen molar-refractivity contribution in [1.82, 2.24) is 9.71 Å². The van der Waals surface area contributed by atoms with Crippen LogP contribution in [0.1, 0.15) is 34.1 Å². The van der Waals surface area contributed by atoms with Gasteiger partial charge >= 0.3 is 0 Å². The van der Waals surface area contributed by atoms with Crippen molar-refractivity contribution in [3.05, 3.63) is 12.1 Å². The first kappa shape index (κ1) is 17.4. The summed E-state index contributed by atoms with van der Waals surface area (Å²) in [5, 5.41) is 0. The number of methoxy groups -OCH3 is 2. The topological polar surface area (TPSA) is 43.4 Å². The van der Waals surface area contributed by atoms with Gasteiger partial charge < -0.3 is 9.47 Å². The average Bonchev–Trinajstić information content (AvgIpc) is 2.85. The van der Waals surface area contributed by atoms with Crippen molar-refractivity contribution in [3.63, 3.8) is 0 Å². The number of thiazole rings is 1. The highest BCUT2D eigenvalue weighted by atomic mass is 32.2. The van der Waals surface area contributed by atoms with E-state index < -0.39 is 0 Å². The zero-order valence-corrected chi connectivity index (χ0v) is 15.7. The van der Waals surface area contributed by atoms with Crippen LogP contribution in [0.25, 0.3) is 10.2 Å². The Labute approximate surface area is 140 Å². The molecule has 4 nitrogen and oxygen atoms in total. The summed E-state index contributed by atoms with van der Waals surface area (Å²) in [6, 6.07) is 3.87. The average molecular weight is 341 g/mol. The maximum atomic E-state index is 5.42. The van der Waals surface area contributed by atoms with Crippen LogP contribution in [-0.2, 0) is 0 Å². The number of benzene rings is 1. The molecule has 0 aliphatic carbocycles. The standard InChI is InChI=1S/C16H24N2O2S2/c1-10(2)9-16(3,4)18-22-15-17-14-12(20-6)7-11(19-5)8-13(14)21-15/h7-8,10,18H,9H2,1-6H3. The molecule has 0 unspecified atom stereocenters. The monoisotopic (exact) mass is 340 g/mol. The van der Waals surface area contributed by atoms with Crippen molar-refractivity contribution in [2.24, 2.45) is 5.92 Å². The smallest absolute Gasteiger partial charge is 0.166 e. The van der Waals surface area contributed by atoms with E-state index in [0.717, 1.165) is 32.5 Å². The minimum atomic E-state index is 0.0679. The lowest BCUT2D eigenvalue weighted by molar-refractivity contribution is 0.376. The lowest BCUT2D eigenvalue weighted by atomic mass is 9.94. The zero-order chi connectivity index (χ0) is 16.3. The van der Waals surface area contributed by atoms with E-state index in [1.54, 1.807) is 37.5 Å². The van der Waals surface area contributed by atoms with E-state index in [0.29, 0.717) is 5.92 Å². The van der Waals surface area contributed by atoms with Crippen LogP contribution >= 0.6 is 23.3 Å². The molecule has 2 aromatic rings. The predicted molar refractivity (Wildman–Crippen MR) is 95.3 cm³/mol. The van der Waals surface area contributed by atoms with E-state index in [1.165, 1.54) is 0 Å². The number of rotatable bonds is 7. The van der Waals surface area contributed by atoms with Gasteiger partial charge in [0.05, 0.1) is 18.9 Å². The highest BCUT2D eigenvalue weighted by Crippen LogP contribution is 2.37. The third-order valence-corrected chi connectivity index (χ3v) is 5.42. The SMILES string of the molecule is COc1cc(OC)c2nc(SNC(C)(C)CC(C)C)sc2c1. The van der Waals surface area contributed by atoms with Crippen molar-refractivity contribution in [1.29, 1.82) is 0 Å². The van der Waals surface area contributed by atoms with Crippen LogP contribution in [0, 0.1) is 5.92 Å². The Kier molecular flexibility index (Phi) is 5.58. The summed E-state index contributed by atoms with van der Waals surface area (Å²) in [4.78, 5) is 4.68. The molecule has 1 aromatic carbocycles. The largest absolute Gasteiger partial charge is 0.497 e. The van der Waals surface area contributed by atoms with E-state index in [-0.39, 0.29) is 5.54 Å². The molecule has 0 amide bonds. The van der Waals surface area contributed by atoms with Gasteiger partial charge in [0.2, 0.25) is 0 Å². The summed E-state index contributed by atoms with van der Waals surface area (Å²) in [5.41, 5.74) is 0.956. The molecule has 0 fully saturated rings. The van der Waals surface area contributed by atoms with Crippen LogP contribution < -0.4 is 14.2 Å². The molecule has 0 radical (unpaired) electrons. The van der Waals surface area contributed by atoms with Gasteiger partial charge in [-0.25, -0.2) is 4.98 Å². The second-order valence-electron chi connectivity index (χ2n) is 6.34. The molecule has 6 heteroatoms. The summed E-state index contributed by atoms with van der Waals surface area (Å²) in [6.45, 7) is 8.92. The van der Waals surface area contributed by atoms with E-state index in [9.17, 15) is 0 Å². The number of hydrogen-bond donors (Lipinski definition) is 1. The number of nitrogens with one attached hydrogen (secondary N) is 1. The molecule has 0 aliphatic heterocycles. The Hall–Kier alpha value is -0.980. The summed E-state index contributed by atoms with van der Waals surface area (Å²) < 4.78 is 16.3. The van der Waals surface area contributed by atoms with E-state index in [4.69, 9.17) is 9.47 Å². The fourth-order valence-corrected chi connectivity index (χ4v) is 4.40. The number of ether oxygens (including phenoxy) is 2. The van der Waals surface area contributed by atoms with Gasteiger partial charge in [-0.2, -0.15) is 0 Å². The third-order valence-electron chi connectivity index (χ3n) is 3.20. The quantitative estimate of drug-likeness (QED) is 0.738. The van der Waals surface area contributed by atoms with E-state index in [1.807, 2.05) is 12.1 Å². The molecule has 0 saturated carbocycles. The van der Waals surface area contributed by atoms with E-state index in [2.05, 4.69) is 37.4 Å². The molecular formula is C16H24N2O2S2. The molecule has 1 N–H and O–H groups in total. The first-order chi connectivity index (χ1) is 10.3. The number of hydrogen-bond acceptors (Lipinski definition) is 6. The minimum Gasteiger partial charge on any atom is -0.497 e. The molecule has 0 saturated heterocycles. The molecule has 0 aliphatic rings. The Morgan fingerprint density at radius 3 is 2.59 bits per heavy atom. The van der Waals surface area contributed by atoms with Crippen LogP contribution in [-0.4, -0.2) is 24.7 Å². The Bertz CT molecular complexity index is 638. The lowest BCUT2D eigenvalue weighted by Crippen LogP contribution is -2.35. The van der Waals surface area contributed by atoms with Gasteiger partial charge in [-0.15, -0.1) is 11.3 Å². The molecule has 0 spiro atoms. The second kappa shape index (κ2) is 7.06. The maximum absolute atomic E-state index is 5.42. The van der Waals surface area contributed by atoms with Crippen molar-refractivity contribution in [2.75, 3.05) is 14.2 Å². The van der Waals surface area contributed by atoms with Crippen molar-refractivity contribution in [2.45, 2.75) is 44.0 Å². The Balaban J connectivity index is 2.19. The van der Waals surface area contributed by atoms with Crippen molar-refractivity contribution >= 4 is 33.5 Å². The first-order valence-electron chi connectivity index (χ1n) is 7.31. The second-order valence-corrected chi connectivity index (χ2v) is 8.43. The Morgan fingerprint density at radius 1 is 1.27 bits per heavy atom. The molecular weight excluding hydrogens is 316 g/mol. The van der Waals surface area contributed by atoms with Crippen LogP contribution in [0.15, 0.2) is 16.5 Å². The molecule has 2 rings (SSSR count). The maximum Gasteiger partial charge on any atom is 0.166 e. The summed E-state index contributed by atoms with van der Waals surface area (Å²) in [6.07, 6.45) is 1.11. The van der Waals surface area contributed by atoms with E-state index >= 15 is 0 Å². The molecule has 22 heavy (non-hydrogen) atoms. The normalized spacial score (nSPS) is 12.1. The van der Waals surface area contributed by atoms with Crippen LogP contribution in [0.5, 0.6) is 11.5 Å². The minimum absolute atomic E-state index is 0.0679. The van der Waals surface area contributed by atoms with Crippen LogP contribution in [0.4, 0.5) is 0 Å². The molecule has 122 valence electrons. The van der Waals surface area contributed by atoms with Crippen molar-refractivity contribution < 1.29 is 9.47 Å². The fourth-order valence-electron chi connectivity index (χ4n) is 2.52. The Morgan fingerprint density at radius 2 is 2.00 bits per heavy atom. The summed E-state index contributed by atoms with van der Waals surface area (Å²) in [5.74, 6) is 2.19. The number of aromatic nitrogens is 1. The number of nitrogens with zero attached hydrogens (tertiary/aromatic N) is 1. The third kappa shape index (κ3) is 4.27.